The topological polar surface area (TPSA) is 66.8 Å². The van der Waals surface area contributed by atoms with Crippen LogP contribution in [-0.4, -0.2) is 41.3 Å². The SMILES string of the molecule is CCC(CC)N(CC(=O)O)C(=O)OCC1c2ccccc2-c2ccccc21. The van der Waals surface area contributed by atoms with E-state index in [1.165, 1.54) is 4.90 Å². The van der Waals surface area contributed by atoms with Crippen molar-refractivity contribution in [2.45, 2.75) is 38.6 Å². The lowest BCUT2D eigenvalue weighted by molar-refractivity contribution is -0.138. The molecule has 0 atom stereocenters. The Balaban J connectivity index is 1.79. The molecule has 1 aliphatic carbocycles. The van der Waals surface area contributed by atoms with Gasteiger partial charge in [0.1, 0.15) is 13.2 Å². The van der Waals surface area contributed by atoms with E-state index in [9.17, 15) is 9.59 Å². The minimum atomic E-state index is -1.03. The van der Waals surface area contributed by atoms with E-state index in [0.29, 0.717) is 12.8 Å². The highest BCUT2D eigenvalue weighted by Gasteiger charge is 2.31. The zero-order valence-electron chi connectivity index (χ0n) is 15.7. The van der Waals surface area contributed by atoms with Crippen molar-refractivity contribution >= 4 is 12.1 Å². The number of carboxylic acid groups (broad SMARTS) is 1. The predicted octanol–water partition coefficient (Wildman–Crippen LogP) is 4.51. The summed E-state index contributed by atoms with van der Waals surface area (Å²) in [5.41, 5.74) is 4.60. The first kappa shape index (κ1) is 19.0. The fourth-order valence-corrected chi connectivity index (χ4v) is 3.89. The zero-order valence-corrected chi connectivity index (χ0v) is 15.7. The molecule has 0 unspecified atom stereocenters. The Bertz CT molecular complexity index is 783. The minimum Gasteiger partial charge on any atom is -0.480 e. The number of carboxylic acids is 1. The van der Waals surface area contributed by atoms with E-state index in [1.807, 2.05) is 38.1 Å². The Morgan fingerprint density at radius 2 is 1.52 bits per heavy atom. The molecule has 5 nitrogen and oxygen atoms in total. The number of ether oxygens (including phenoxy) is 1. The molecule has 1 amide bonds. The van der Waals surface area contributed by atoms with Gasteiger partial charge in [-0.05, 0) is 35.1 Å². The van der Waals surface area contributed by atoms with E-state index >= 15 is 0 Å². The van der Waals surface area contributed by atoms with Crippen LogP contribution in [0.25, 0.3) is 11.1 Å². The van der Waals surface area contributed by atoms with Gasteiger partial charge in [-0.15, -0.1) is 0 Å². The molecule has 142 valence electrons. The Kier molecular flexibility index (Phi) is 5.79. The van der Waals surface area contributed by atoms with Crippen LogP contribution in [0.5, 0.6) is 0 Å². The van der Waals surface area contributed by atoms with Gasteiger partial charge >= 0.3 is 12.1 Å². The third-order valence-corrected chi connectivity index (χ3v) is 5.26. The standard InChI is InChI=1S/C22H25NO4/c1-3-15(4-2)23(13-21(24)25)22(26)27-14-20-18-11-7-5-9-16(18)17-10-6-8-12-19(17)20/h5-12,15,20H,3-4,13-14H2,1-2H3,(H,24,25). The summed E-state index contributed by atoms with van der Waals surface area (Å²) in [6, 6.07) is 16.1. The summed E-state index contributed by atoms with van der Waals surface area (Å²) >= 11 is 0. The maximum absolute atomic E-state index is 12.7. The molecule has 27 heavy (non-hydrogen) atoms. The molecule has 0 saturated heterocycles. The largest absolute Gasteiger partial charge is 0.480 e. The van der Waals surface area contributed by atoms with Gasteiger partial charge in [0, 0.05) is 12.0 Å². The van der Waals surface area contributed by atoms with E-state index < -0.39 is 12.1 Å². The molecule has 2 aromatic carbocycles. The fraction of sp³-hybridized carbons (Fsp3) is 0.364. The summed E-state index contributed by atoms with van der Waals surface area (Å²) in [5, 5.41) is 9.16. The Hall–Kier alpha value is -2.82. The number of amides is 1. The summed E-state index contributed by atoms with van der Waals surface area (Å²) in [4.78, 5) is 25.2. The van der Waals surface area contributed by atoms with Crippen molar-refractivity contribution < 1.29 is 19.4 Å². The van der Waals surface area contributed by atoms with Crippen molar-refractivity contribution in [3.05, 3.63) is 59.7 Å². The number of benzene rings is 2. The van der Waals surface area contributed by atoms with E-state index in [1.54, 1.807) is 0 Å². The molecule has 1 N–H and O–H groups in total. The molecule has 2 aromatic rings. The van der Waals surface area contributed by atoms with Gasteiger partial charge in [0.2, 0.25) is 0 Å². The van der Waals surface area contributed by atoms with Gasteiger partial charge in [0.25, 0.3) is 0 Å². The lowest BCUT2D eigenvalue weighted by Gasteiger charge is -2.28. The van der Waals surface area contributed by atoms with Crippen LogP contribution in [0.15, 0.2) is 48.5 Å². The van der Waals surface area contributed by atoms with Gasteiger partial charge in [-0.25, -0.2) is 4.79 Å². The second kappa shape index (κ2) is 8.25. The molecular weight excluding hydrogens is 342 g/mol. The molecule has 5 heteroatoms. The van der Waals surface area contributed by atoms with E-state index in [2.05, 4.69) is 24.3 Å². The molecule has 3 rings (SSSR count). The molecule has 0 radical (unpaired) electrons. The number of aliphatic carboxylic acids is 1. The predicted molar refractivity (Wildman–Crippen MR) is 104 cm³/mol. The van der Waals surface area contributed by atoms with Crippen LogP contribution >= 0.6 is 0 Å². The third kappa shape index (κ3) is 3.82. The molecule has 0 saturated carbocycles. The summed E-state index contributed by atoms with van der Waals surface area (Å²) in [6.45, 7) is 3.74. The monoisotopic (exact) mass is 367 g/mol. The lowest BCUT2D eigenvalue weighted by atomic mass is 9.98. The van der Waals surface area contributed by atoms with Gasteiger partial charge in [-0.3, -0.25) is 9.69 Å². The first-order valence-corrected chi connectivity index (χ1v) is 9.40. The Morgan fingerprint density at radius 3 is 2.00 bits per heavy atom. The van der Waals surface area contributed by atoms with Crippen molar-refractivity contribution in [2.75, 3.05) is 13.2 Å². The molecule has 0 aliphatic heterocycles. The number of rotatable bonds is 7. The molecule has 0 heterocycles. The van der Waals surface area contributed by atoms with Crippen LogP contribution in [0.3, 0.4) is 0 Å². The molecular formula is C22H25NO4. The lowest BCUT2D eigenvalue weighted by Crippen LogP contribution is -2.43. The summed E-state index contributed by atoms with van der Waals surface area (Å²) in [5.74, 6) is -1.06. The summed E-state index contributed by atoms with van der Waals surface area (Å²) in [6.07, 6.45) is 0.815. The second-order valence-electron chi connectivity index (χ2n) is 6.80. The van der Waals surface area contributed by atoms with Crippen LogP contribution < -0.4 is 0 Å². The average Bonchev–Trinajstić information content (AvgIpc) is 3.00. The molecule has 0 aromatic heterocycles. The van der Waals surface area contributed by atoms with Gasteiger partial charge in [0.05, 0.1) is 0 Å². The smallest absolute Gasteiger partial charge is 0.410 e. The number of carbonyl (C=O) groups is 2. The second-order valence-corrected chi connectivity index (χ2v) is 6.80. The van der Waals surface area contributed by atoms with Gasteiger partial charge in [-0.1, -0.05) is 62.4 Å². The Labute approximate surface area is 159 Å². The molecule has 0 bridgehead atoms. The molecule has 1 aliphatic rings. The van der Waals surface area contributed by atoms with E-state index in [0.717, 1.165) is 22.3 Å². The number of hydrogen-bond donors (Lipinski definition) is 1. The first-order valence-electron chi connectivity index (χ1n) is 9.40. The maximum Gasteiger partial charge on any atom is 0.410 e. The van der Waals surface area contributed by atoms with Gasteiger partial charge < -0.3 is 9.84 Å². The summed E-state index contributed by atoms with van der Waals surface area (Å²) < 4.78 is 5.61. The minimum absolute atomic E-state index is 0.0327. The maximum atomic E-state index is 12.7. The first-order chi connectivity index (χ1) is 13.1. The highest BCUT2D eigenvalue weighted by atomic mass is 16.6. The van der Waals surface area contributed by atoms with E-state index in [4.69, 9.17) is 9.84 Å². The molecule has 0 spiro atoms. The third-order valence-electron chi connectivity index (χ3n) is 5.26. The number of carbonyl (C=O) groups excluding carboxylic acids is 1. The van der Waals surface area contributed by atoms with Crippen molar-refractivity contribution in [1.82, 2.24) is 4.90 Å². The highest BCUT2D eigenvalue weighted by Crippen LogP contribution is 2.44. The van der Waals surface area contributed by atoms with Crippen molar-refractivity contribution in [1.29, 1.82) is 0 Å². The van der Waals surface area contributed by atoms with Crippen LogP contribution in [0.1, 0.15) is 43.7 Å². The number of hydrogen-bond acceptors (Lipinski definition) is 3. The van der Waals surface area contributed by atoms with Crippen molar-refractivity contribution in [3.63, 3.8) is 0 Å². The van der Waals surface area contributed by atoms with Crippen LogP contribution in [-0.2, 0) is 9.53 Å². The Morgan fingerprint density at radius 1 is 1.00 bits per heavy atom. The molecule has 0 fully saturated rings. The normalized spacial score (nSPS) is 12.6. The number of fused-ring (bicyclic) bond motifs is 3. The number of nitrogens with zero attached hydrogens (tertiary/aromatic N) is 1. The van der Waals surface area contributed by atoms with Crippen molar-refractivity contribution in [2.24, 2.45) is 0 Å². The summed E-state index contributed by atoms with van der Waals surface area (Å²) in [7, 11) is 0. The van der Waals surface area contributed by atoms with Gasteiger partial charge in [-0.2, -0.15) is 0 Å². The van der Waals surface area contributed by atoms with Crippen LogP contribution in [0, 0.1) is 0 Å². The average molecular weight is 367 g/mol. The van der Waals surface area contributed by atoms with Crippen LogP contribution in [0.2, 0.25) is 0 Å². The highest BCUT2D eigenvalue weighted by molar-refractivity contribution is 5.79. The van der Waals surface area contributed by atoms with Crippen LogP contribution in [0.4, 0.5) is 4.79 Å². The quantitative estimate of drug-likeness (QED) is 0.782. The van der Waals surface area contributed by atoms with Gasteiger partial charge in [0.15, 0.2) is 0 Å². The van der Waals surface area contributed by atoms with Crippen molar-refractivity contribution in [3.8, 4) is 11.1 Å². The zero-order chi connectivity index (χ0) is 19.4. The van der Waals surface area contributed by atoms with E-state index in [-0.39, 0.29) is 25.1 Å². The fourth-order valence-electron chi connectivity index (χ4n) is 3.89.